The van der Waals surface area contributed by atoms with Gasteiger partial charge in [0.1, 0.15) is 18.8 Å². The average Bonchev–Trinajstić information content (AvgIpc) is 3.59. The van der Waals surface area contributed by atoms with E-state index in [1.807, 2.05) is 6.08 Å². The third-order valence-electron chi connectivity index (χ3n) is 15.0. The maximum atomic E-state index is 13.2. The lowest BCUT2D eigenvalue weighted by Crippen LogP contribution is -2.61. The van der Waals surface area contributed by atoms with Crippen molar-refractivity contribution < 1.29 is 58.2 Å². The Bertz CT molecular complexity index is 1760. The summed E-state index contributed by atoms with van der Waals surface area (Å²) < 4.78 is 28.5. The number of carboxylic acids is 1. The second-order valence-corrected chi connectivity index (χ2v) is 22.7. The highest BCUT2D eigenvalue weighted by Crippen LogP contribution is 2.27. The molecule has 1 saturated heterocycles. The van der Waals surface area contributed by atoms with Gasteiger partial charge in [-0.05, 0) is 89.9 Å². The number of carbonyl (C=O) groups is 4. The first-order valence-corrected chi connectivity index (χ1v) is 33.6. The Labute approximate surface area is 505 Å². The molecule has 0 bridgehead atoms. The molecule has 0 aliphatic carbocycles. The summed E-state index contributed by atoms with van der Waals surface area (Å²) in [5, 5.41) is 31.6. The van der Waals surface area contributed by atoms with Crippen LogP contribution in [0.4, 0.5) is 0 Å². The van der Waals surface area contributed by atoms with Crippen molar-refractivity contribution in [3.05, 3.63) is 85.1 Å². The molecular formula is C71H120O12. The van der Waals surface area contributed by atoms with Crippen LogP contribution in [0.1, 0.15) is 290 Å². The first-order valence-electron chi connectivity index (χ1n) is 33.6. The number of carboxylic acid groups (broad SMARTS) is 1. The zero-order valence-corrected chi connectivity index (χ0v) is 52.7. The van der Waals surface area contributed by atoms with Gasteiger partial charge in [0.05, 0.1) is 6.61 Å². The minimum atomic E-state index is -1.92. The maximum absolute atomic E-state index is 13.2. The summed E-state index contributed by atoms with van der Waals surface area (Å²) in [6, 6.07) is 0. The fraction of sp³-hybridized carbons (Fsp3) is 0.746. The summed E-state index contributed by atoms with van der Waals surface area (Å²) in [6.07, 6.45) is 64.0. The molecule has 1 rings (SSSR count). The van der Waals surface area contributed by atoms with E-state index in [1.165, 1.54) is 116 Å². The van der Waals surface area contributed by atoms with Gasteiger partial charge in [-0.1, -0.05) is 266 Å². The largest absolute Gasteiger partial charge is 0.479 e. The van der Waals surface area contributed by atoms with Gasteiger partial charge in [-0.15, -0.1) is 0 Å². The van der Waals surface area contributed by atoms with Crippen LogP contribution >= 0.6 is 0 Å². The standard InChI is InChI=1S/C71H120O12/c1-4-7-10-13-16-19-22-25-28-31-32-35-36-39-42-45-48-51-54-57-63(72)79-60-62(81-64(73)58-55-52-49-46-43-40-37-33-29-26-23-20-17-14-11-8-5-2)61-80-71-69(67(76)66(75)68(83-71)70(77)78)82-65(74)59-56-53-50-47-44-41-38-34-30-27-24-21-18-15-12-9-6-3/h8,11,17-18,20-21,26-27,29-30,37,40,46,49,62,66-69,71,75-76H,4-7,9-10,12-16,19,22-25,28,31-36,38-39,41-45,47-48,50-61H2,1-3H3,(H,77,78)/b11-8-,20-17-,21-18-,29-26-,30-27-,40-37-,49-46-. The smallest absolute Gasteiger partial charge is 0.335 e. The molecule has 6 atom stereocenters. The van der Waals surface area contributed by atoms with Gasteiger partial charge < -0.3 is 39.0 Å². The molecule has 1 aliphatic heterocycles. The van der Waals surface area contributed by atoms with Gasteiger partial charge >= 0.3 is 23.9 Å². The van der Waals surface area contributed by atoms with Gasteiger partial charge in [0.2, 0.25) is 0 Å². The lowest BCUT2D eigenvalue weighted by Gasteiger charge is -2.40. The second-order valence-electron chi connectivity index (χ2n) is 22.7. The molecule has 1 heterocycles. The first-order chi connectivity index (χ1) is 40.6. The predicted molar refractivity (Wildman–Crippen MR) is 340 cm³/mol. The topological polar surface area (TPSA) is 175 Å². The number of unbranched alkanes of at least 4 members (excludes halogenated alkanes) is 29. The zero-order valence-electron chi connectivity index (χ0n) is 52.7. The molecule has 12 heteroatoms. The molecule has 0 aromatic carbocycles. The van der Waals surface area contributed by atoms with Crippen LogP contribution in [0.15, 0.2) is 85.1 Å². The Hall–Kier alpha value is -4.10. The Morgan fingerprint density at radius 2 is 0.771 bits per heavy atom. The second kappa shape index (κ2) is 58.3. The molecule has 1 fully saturated rings. The minimum absolute atomic E-state index is 0.0432. The number of carbonyl (C=O) groups excluding carboxylic acids is 3. The van der Waals surface area contributed by atoms with Crippen molar-refractivity contribution >= 4 is 23.9 Å². The van der Waals surface area contributed by atoms with Gasteiger partial charge in [-0.3, -0.25) is 14.4 Å². The van der Waals surface area contributed by atoms with E-state index < -0.39 is 67.3 Å². The number of aliphatic hydroxyl groups is 2. The van der Waals surface area contributed by atoms with Crippen molar-refractivity contribution in [3.8, 4) is 0 Å². The van der Waals surface area contributed by atoms with Crippen LogP contribution in [0.5, 0.6) is 0 Å². The van der Waals surface area contributed by atoms with Crippen LogP contribution in [-0.2, 0) is 42.9 Å². The van der Waals surface area contributed by atoms with Crippen molar-refractivity contribution in [1.29, 1.82) is 0 Å². The highest BCUT2D eigenvalue weighted by Gasteiger charge is 2.50. The Kier molecular flexibility index (Phi) is 54.0. The zero-order chi connectivity index (χ0) is 60.3. The summed E-state index contributed by atoms with van der Waals surface area (Å²) in [7, 11) is 0. The number of esters is 3. The van der Waals surface area contributed by atoms with Gasteiger partial charge in [-0.25, -0.2) is 4.79 Å². The van der Waals surface area contributed by atoms with E-state index in [2.05, 4.69) is 99.8 Å². The molecule has 0 aromatic heterocycles. The van der Waals surface area contributed by atoms with E-state index >= 15 is 0 Å². The normalized spacial score (nSPS) is 18.1. The van der Waals surface area contributed by atoms with E-state index in [4.69, 9.17) is 23.7 Å². The predicted octanol–water partition coefficient (Wildman–Crippen LogP) is 18.2. The molecule has 0 amide bonds. The van der Waals surface area contributed by atoms with Crippen molar-refractivity contribution in [3.63, 3.8) is 0 Å². The average molecular weight is 1170 g/mol. The van der Waals surface area contributed by atoms with E-state index in [1.54, 1.807) is 0 Å². The summed E-state index contributed by atoms with van der Waals surface area (Å²) >= 11 is 0. The van der Waals surface area contributed by atoms with Crippen LogP contribution in [-0.4, -0.2) is 89.2 Å². The van der Waals surface area contributed by atoms with Crippen molar-refractivity contribution in [2.75, 3.05) is 13.2 Å². The maximum Gasteiger partial charge on any atom is 0.335 e. The van der Waals surface area contributed by atoms with E-state index in [-0.39, 0.29) is 25.9 Å². The van der Waals surface area contributed by atoms with Gasteiger partial charge in [-0.2, -0.15) is 0 Å². The molecule has 0 spiro atoms. The van der Waals surface area contributed by atoms with E-state index in [0.29, 0.717) is 25.7 Å². The van der Waals surface area contributed by atoms with Gasteiger partial charge in [0.25, 0.3) is 0 Å². The molecule has 1 aliphatic rings. The number of aliphatic hydroxyl groups excluding tert-OH is 2. The SMILES string of the molecule is CC/C=C\C/C=C\C/C=C\C/C=C\C/C=C\CCCC(=O)OC(COC(=O)CCCCCCCCCCCCCCCCCCCCC)COC1OC(C(=O)O)C(O)C(O)C1OC(=O)CCCCCCCCC/C=C\C/C=C\CCCCC. The molecular weight excluding hydrogens is 1040 g/mol. The number of aliphatic carboxylic acids is 1. The molecule has 476 valence electrons. The molecule has 0 radical (unpaired) electrons. The Morgan fingerprint density at radius 3 is 1.22 bits per heavy atom. The molecule has 0 saturated carbocycles. The first kappa shape index (κ1) is 76.9. The van der Waals surface area contributed by atoms with Crippen LogP contribution in [0.3, 0.4) is 0 Å². The third-order valence-corrected chi connectivity index (χ3v) is 15.0. The van der Waals surface area contributed by atoms with Crippen molar-refractivity contribution in [2.24, 2.45) is 0 Å². The fourth-order valence-electron chi connectivity index (χ4n) is 9.85. The molecule has 0 aromatic rings. The minimum Gasteiger partial charge on any atom is -0.479 e. The number of ether oxygens (including phenoxy) is 5. The van der Waals surface area contributed by atoms with Crippen molar-refractivity contribution in [1.82, 2.24) is 0 Å². The lowest BCUT2D eigenvalue weighted by molar-refractivity contribution is -0.301. The molecule has 83 heavy (non-hydrogen) atoms. The summed E-state index contributed by atoms with van der Waals surface area (Å²) in [6.45, 7) is 5.85. The fourth-order valence-corrected chi connectivity index (χ4v) is 9.85. The quantitative estimate of drug-likeness (QED) is 0.0228. The summed E-state index contributed by atoms with van der Waals surface area (Å²) in [5.41, 5.74) is 0. The molecule has 12 nitrogen and oxygen atoms in total. The Balaban J connectivity index is 2.68. The number of hydrogen-bond acceptors (Lipinski definition) is 11. The monoisotopic (exact) mass is 1160 g/mol. The van der Waals surface area contributed by atoms with Gasteiger partial charge in [0.15, 0.2) is 24.6 Å². The summed E-state index contributed by atoms with van der Waals surface area (Å²) in [4.78, 5) is 51.4. The highest BCUT2D eigenvalue weighted by molar-refractivity contribution is 5.74. The van der Waals surface area contributed by atoms with E-state index in [9.17, 15) is 34.5 Å². The summed E-state index contributed by atoms with van der Waals surface area (Å²) in [5.74, 6) is -3.20. The number of hydrogen-bond donors (Lipinski definition) is 3. The van der Waals surface area contributed by atoms with Crippen molar-refractivity contribution in [2.45, 2.75) is 327 Å². The molecule has 3 N–H and O–H groups in total. The van der Waals surface area contributed by atoms with Crippen LogP contribution in [0.2, 0.25) is 0 Å². The molecule has 6 unspecified atom stereocenters. The lowest BCUT2D eigenvalue weighted by atomic mass is 9.98. The van der Waals surface area contributed by atoms with Gasteiger partial charge in [0, 0.05) is 19.3 Å². The van der Waals surface area contributed by atoms with Crippen LogP contribution in [0, 0.1) is 0 Å². The van der Waals surface area contributed by atoms with Crippen LogP contribution < -0.4 is 0 Å². The highest BCUT2D eigenvalue weighted by atomic mass is 16.7. The Morgan fingerprint density at radius 1 is 0.410 bits per heavy atom. The van der Waals surface area contributed by atoms with E-state index in [0.717, 1.165) is 109 Å². The van der Waals surface area contributed by atoms with Crippen LogP contribution in [0.25, 0.3) is 0 Å². The number of rotatable bonds is 57. The third kappa shape index (κ3) is 47.8. The number of allylic oxidation sites excluding steroid dienone is 14.